The summed E-state index contributed by atoms with van der Waals surface area (Å²) < 4.78 is 20.2. The number of ether oxygens (including phenoxy) is 1. The number of amides is 1. The molecule has 0 aliphatic heterocycles. The van der Waals surface area contributed by atoms with Crippen LogP contribution in [0.4, 0.5) is 4.39 Å². The molecule has 2 fully saturated rings. The van der Waals surface area contributed by atoms with E-state index in [9.17, 15) is 28.8 Å². The molecule has 0 unspecified atom stereocenters. The molecule has 0 heterocycles. The van der Waals surface area contributed by atoms with E-state index in [1.807, 2.05) is 6.07 Å². The number of carboxylic acids is 3. The van der Waals surface area contributed by atoms with E-state index in [-0.39, 0.29) is 13.0 Å². The van der Waals surface area contributed by atoms with Crippen molar-refractivity contribution in [3.63, 3.8) is 0 Å². The first-order valence-corrected chi connectivity index (χ1v) is 10.9. The number of hydrogen-bond donors (Lipinski definition) is 6. The van der Waals surface area contributed by atoms with Crippen molar-refractivity contribution in [2.45, 2.75) is 48.8 Å². The van der Waals surface area contributed by atoms with Crippen molar-refractivity contribution in [2.24, 2.45) is 23.3 Å². The Labute approximate surface area is 213 Å². The van der Waals surface area contributed by atoms with Gasteiger partial charge >= 0.3 is 17.9 Å². The lowest BCUT2D eigenvalue weighted by Crippen LogP contribution is -2.54. The van der Waals surface area contributed by atoms with Gasteiger partial charge in [-0.25, -0.2) is 9.18 Å². The van der Waals surface area contributed by atoms with Crippen LogP contribution in [0.3, 0.4) is 0 Å². The number of alkyl halides is 1. The Bertz CT molecular complexity index is 1110. The molecule has 0 bridgehead atoms. The molecule has 15 heteroatoms. The number of carbonyl (C=O) groups is 4. The Balaban J connectivity index is 0.000000302. The number of carbonyl (C=O) groups excluding carboxylic acids is 1. The van der Waals surface area contributed by atoms with Crippen LogP contribution >= 0.6 is 23.2 Å². The second kappa shape index (κ2) is 10.5. The summed E-state index contributed by atoms with van der Waals surface area (Å²) in [7, 11) is 0. The van der Waals surface area contributed by atoms with E-state index >= 15 is 0 Å². The van der Waals surface area contributed by atoms with Gasteiger partial charge in [0.15, 0.2) is 11.3 Å². The number of nitrogens with two attached hydrogens (primary N) is 2. The fourth-order valence-electron chi connectivity index (χ4n) is 4.26. The minimum Gasteiger partial charge on any atom is -0.481 e. The molecule has 0 radical (unpaired) electrons. The molecule has 1 amide bonds. The third-order valence-electron chi connectivity index (χ3n) is 6.09. The summed E-state index contributed by atoms with van der Waals surface area (Å²) in [5.41, 5.74) is 5.36. The van der Waals surface area contributed by atoms with Crippen molar-refractivity contribution < 1.29 is 48.7 Å². The normalized spacial score (nSPS) is 28.2. The largest absolute Gasteiger partial charge is 0.481 e. The van der Waals surface area contributed by atoms with Gasteiger partial charge in [0.05, 0.1) is 41.7 Å². The second-order valence-corrected chi connectivity index (χ2v) is 9.34. The topological polar surface area (TPSA) is 234 Å². The van der Waals surface area contributed by atoms with E-state index < -0.39 is 71.4 Å². The molecule has 196 valence electrons. The Kier molecular flexibility index (Phi) is 8.55. The number of rotatable bonds is 9. The van der Waals surface area contributed by atoms with E-state index in [4.69, 9.17) is 59.8 Å². The number of halogens is 3. The van der Waals surface area contributed by atoms with Gasteiger partial charge in [0, 0.05) is 11.8 Å². The zero-order chi connectivity index (χ0) is 27.6. The molecule has 5 atom stereocenters. The first-order valence-electron chi connectivity index (χ1n) is 10.2. The fraction of sp³-hybridized carbons (Fsp3) is 0.476. The number of nitriles is 1. The second-order valence-electron chi connectivity index (χ2n) is 8.52. The maximum absolute atomic E-state index is 14.5. The lowest BCUT2D eigenvalue weighted by molar-refractivity contribution is -0.170. The van der Waals surface area contributed by atoms with Crippen LogP contribution in [-0.2, 0) is 30.5 Å². The van der Waals surface area contributed by atoms with Crippen molar-refractivity contribution in [1.29, 1.82) is 5.26 Å². The molecule has 12 nitrogen and oxygen atoms in total. The van der Waals surface area contributed by atoms with Gasteiger partial charge in [-0.1, -0.05) is 29.3 Å². The highest BCUT2D eigenvalue weighted by atomic mass is 35.5. The number of benzene rings is 1. The standard InChI is InChI=1S/C15H14Cl2FN3O2.C6H8O7/c16-9-2-1-7(3-10(9)17)5-23-11-4-8-12(14(11,21)6-19)15(8,18)13(20)22;7-3(8)1-6(13,5(11)12)2-4(9)10/h1-3,8,11-12H,4-5,21H2,(H2,20,22);13H,1-2H2,(H,7,8)(H,9,10)(H,11,12)/t8-,11-,12-,14-,15-;/m1./s1. The molecule has 2 aliphatic rings. The molecule has 0 aromatic heterocycles. The zero-order valence-electron chi connectivity index (χ0n) is 18.4. The highest BCUT2D eigenvalue weighted by Crippen LogP contribution is 2.66. The van der Waals surface area contributed by atoms with Gasteiger partial charge in [0.2, 0.25) is 0 Å². The van der Waals surface area contributed by atoms with E-state index in [0.717, 1.165) is 5.56 Å². The predicted octanol–water partition coefficient (Wildman–Crippen LogP) is 0.694. The van der Waals surface area contributed by atoms with Crippen LogP contribution in [0.5, 0.6) is 0 Å². The van der Waals surface area contributed by atoms with Gasteiger partial charge in [-0.3, -0.25) is 14.4 Å². The first-order chi connectivity index (χ1) is 16.5. The van der Waals surface area contributed by atoms with Gasteiger partial charge in [0.25, 0.3) is 5.91 Å². The van der Waals surface area contributed by atoms with Gasteiger partial charge in [-0.05, 0) is 24.1 Å². The van der Waals surface area contributed by atoms with Crippen LogP contribution in [0.1, 0.15) is 24.8 Å². The third-order valence-corrected chi connectivity index (χ3v) is 6.83. The van der Waals surface area contributed by atoms with Crippen molar-refractivity contribution in [2.75, 3.05) is 0 Å². The summed E-state index contributed by atoms with van der Waals surface area (Å²) in [6.07, 6.45) is -2.79. The van der Waals surface area contributed by atoms with Crippen LogP contribution in [0, 0.1) is 23.2 Å². The summed E-state index contributed by atoms with van der Waals surface area (Å²) in [6.45, 7) is 0.150. The van der Waals surface area contributed by atoms with E-state index in [1.54, 1.807) is 18.2 Å². The average Bonchev–Trinajstić information content (AvgIpc) is 3.25. The van der Waals surface area contributed by atoms with Crippen LogP contribution < -0.4 is 11.5 Å². The molecule has 2 aliphatic carbocycles. The SMILES string of the molecule is N#C[C@]1(N)[C@H]2[C@@H](C[C@H]1OCc1ccc(Cl)c(Cl)c1)[C@]2(F)C(N)=O.O=C(O)CC(O)(CC(=O)O)C(=O)O. The monoisotopic (exact) mass is 549 g/mol. The molecule has 3 rings (SSSR count). The van der Waals surface area contributed by atoms with Crippen molar-refractivity contribution >= 4 is 47.0 Å². The Morgan fingerprint density at radius 1 is 1.17 bits per heavy atom. The van der Waals surface area contributed by atoms with Crippen LogP contribution in [0.15, 0.2) is 18.2 Å². The summed E-state index contributed by atoms with van der Waals surface area (Å²) in [5, 5.41) is 44.0. The number of fused-ring (bicyclic) bond motifs is 1. The number of aliphatic carboxylic acids is 3. The Morgan fingerprint density at radius 2 is 1.72 bits per heavy atom. The molecular formula is C21H22Cl2FN3O9. The summed E-state index contributed by atoms with van der Waals surface area (Å²) >= 11 is 11.8. The average molecular weight is 550 g/mol. The molecule has 0 saturated heterocycles. The van der Waals surface area contributed by atoms with Crippen LogP contribution in [0.25, 0.3) is 0 Å². The Morgan fingerprint density at radius 3 is 2.14 bits per heavy atom. The number of primary amides is 1. The lowest BCUT2D eigenvalue weighted by Gasteiger charge is -2.29. The van der Waals surface area contributed by atoms with Crippen LogP contribution in [0.2, 0.25) is 10.0 Å². The number of aliphatic hydroxyl groups is 1. The highest BCUT2D eigenvalue weighted by molar-refractivity contribution is 6.42. The summed E-state index contributed by atoms with van der Waals surface area (Å²) in [6, 6.07) is 6.92. The molecule has 2 saturated carbocycles. The Hall–Kier alpha value is -3.02. The first kappa shape index (κ1) is 29.2. The van der Waals surface area contributed by atoms with Crippen molar-refractivity contribution in [1.82, 2.24) is 0 Å². The summed E-state index contributed by atoms with van der Waals surface area (Å²) in [4.78, 5) is 41.8. The quantitative estimate of drug-likeness (QED) is 0.250. The third kappa shape index (κ3) is 5.69. The van der Waals surface area contributed by atoms with E-state index in [1.165, 1.54) is 0 Å². The van der Waals surface area contributed by atoms with Crippen molar-refractivity contribution in [3.8, 4) is 6.07 Å². The van der Waals surface area contributed by atoms with Gasteiger partial charge in [-0.15, -0.1) is 0 Å². The van der Waals surface area contributed by atoms with E-state index in [0.29, 0.717) is 10.0 Å². The minimum absolute atomic E-state index is 0.150. The molecule has 1 aromatic carbocycles. The minimum atomic E-state index is -2.74. The molecule has 36 heavy (non-hydrogen) atoms. The maximum atomic E-state index is 14.5. The number of nitrogens with zero attached hydrogens (tertiary/aromatic N) is 1. The highest BCUT2D eigenvalue weighted by Gasteiger charge is 2.82. The maximum Gasteiger partial charge on any atom is 0.336 e. The smallest absolute Gasteiger partial charge is 0.336 e. The zero-order valence-corrected chi connectivity index (χ0v) is 19.9. The molecular weight excluding hydrogens is 528 g/mol. The fourth-order valence-corrected chi connectivity index (χ4v) is 4.58. The number of carboxylic acid groups (broad SMARTS) is 3. The lowest BCUT2D eigenvalue weighted by atomic mass is 9.89. The molecule has 1 aromatic rings. The van der Waals surface area contributed by atoms with Gasteiger partial charge in [0.1, 0.15) is 5.54 Å². The van der Waals surface area contributed by atoms with Gasteiger partial charge in [-0.2, -0.15) is 5.26 Å². The van der Waals surface area contributed by atoms with Crippen LogP contribution in [-0.4, -0.2) is 67.2 Å². The van der Waals surface area contributed by atoms with E-state index in [2.05, 4.69) is 0 Å². The molecule has 8 N–H and O–H groups in total. The molecule has 0 spiro atoms. The number of hydrogen-bond acceptors (Lipinski definition) is 8. The summed E-state index contributed by atoms with van der Waals surface area (Å²) in [5.74, 6) is -7.67. The van der Waals surface area contributed by atoms with Gasteiger partial charge < -0.3 is 36.6 Å². The van der Waals surface area contributed by atoms with Crippen molar-refractivity contribution in [3.05, 3.63) is 33.8 Å². The predicted molar refractivity (Wildman–Crippen MR) is 119 cm³/mol.